The van der Waals surface area contributed by atoms with Crippen LogP contribution in [0.3, 0.4) is 0 Å². The van der Waals surface area contributed by atoms with Gasteiger partial charge in [0.05, 0.1) is 4.90 Å². The summed E-state index contributed by atoms with van der Waals surface area (Å²) in [5.41, 5.74) is 1.83. The van der Waals surface area contributed by atoms with E-state index >= 15 is 0 Å². The first kappa shape index (κ1) is 54.3. The molecule has 61 heavy (non-hydrogen) atoms. The Morgan fingerprint density at radius 3 is 1.30 bits per heavy atom. The summed E-state index contributed by atoms with van der Waals surface area (Å²) >= 11 is 0. The molecule has 2 N–H and O–H groups in total. The van der Waals surface area contributed by atoms with Gasteiger partial charge in [0.15, 0.2) is 11.5 Å². The molecule has 0 aliphatic heterocycles. The number of benzene rings is 4. The van der Waals surface area contributed by atoms with Crippen LogP contribution in [0.2, 0.25) is 0 Å². The van der Waals surface area contributed by atoms with E-state index in [1.807, 2.05) is 0 Å². The summed E-state index contributed by atoms with van der Waals surface area (Å²) in [5.74, 6) is -0.399. The van der Waals surface area contributed by atoms with E-state index < -0.39 is 25.1 Å². The van der Waals surface area contributed by atoms with Crippen molar-refractivity contribution in [2.75, 3.05) is 0 Å². The van der Waals surface area contributed by atoms with Crippen molar-refractivity contribution in [2.24, 2.45) is 0 Å². The van der Waals surface area contributed by atoms with Crippen LogP contribution in [-0.2, 0) is 33.1 Å². The van der Waals surface area contributed by atoms with Crippen LogP contribution in [0.1, 0.15) is 153 Å². The van der Waals surface area contributed by atoms with Crippen LogP contribution in [-0.4, -0.2) is 68.8 Å². The molecule has 0 amide bonds. The average Bonchev–Trinajstić information content (AvgIpc) is 3.20. The van der Waals surface area contributed by atoms with Gasteiger partial charge in [0.25, 0.3) is 10.1 Å². The second-order valence-electron chi connectivity index (χ2n) is 15.5. The number of ether oxygens (including phenoxy) is 2. The van der Waals surface area contributed by atoms with E-state index in [1.54, 1.807) is 48.5 Å². The summed E-state index contributed by atoms with van der Waals surface area (Å²) < 4.78 is 78.7. The topological polar surface area (TPSA) is 173 Å². The van der Waals surface area contributed by atoms with Crippen LogP contribution in [0.25, 0.3) is 0 Å². The van der Waals surface area contributed by atoms with Gasteiger partial charge in [-0.2, -0.15) is 8.42 Å². The number of aryl methyl sites for hydroxylation is 2. The van der Waals surface area contributed by atoms with Gasteiger partial charge < -0.3 is 24.2 Å². The predicted molar refractivity (Wildman–Crippen MR) is 242 cm³/mol. The van der Waals surface area contributed by atoms with Gasteiger partial charge >= 0.3 is 37.7 Å². The molecular formula is C48H66CaO10S2. The number of phenolic OH excluding ortho intramolecular Hbond substituents is 1. The zero-order valence-corrected chi connectivity index (χ0v) is 40.2. The summed E-state index contributed by atoms with van der Waals surface area (Å²) in [7, 11) is -9.14. The number of para-hydroxylation sites is 4. The van der Waals surface area contributed by atoms with Crippen LogP contribution in [0.15, 0.2) is 94.7 Å². The first-order valence-electron chi connectivity index (χ1n) is 21.9. The van der Waals surface area contributed by atoms with Gasteiger partial charge in [-0.25, -0.2) is 8.42 Å². The van der Waals surface area contributed by atoms with Crippen molar-refractivity contribution in [3.05, 3.63) is 96.1 Å². The molecule has 0 radical (unpaired) electrons. The van der Waals surface area contributed by atoms with Crippen molar-refractivity contribution in [3.63, 3.8) is 0 Å². The molecule has 10 nitrogen and oxygen atoms in total. The number of rotatable bonds is 28. The number of hydrogen-bond donors (Lipinski definition) is 2. The average molecular weight is 907 g/mol. The van der Waals surface area contributed by atoms with Gasteiger partial charge in [0, 0.05) is 0 Å². The number of aromatic hydroxyl groups is 1. The van der Waals surface area contributed by atoms with E-state index in [-0.39, 0.29) is 77.1 Å². The maximum absolute atomic E-state index is 11.9. The third-order valence-electron chi connectivity index (χ3n) is 10.4. The molecule has 0 spiro atoms. The fourth-order valence-corrected chi connectivity index (χ4v) is 8.12. The van der Waals surface area contributed by atoms with Crippen molar-refractivity contribution >= 4 is 58.0 Å². The van der Waals surface area contributed by atoms with E-state index in [2.05, 4.69) is 13.8 Å². The van der Waals surface area contributed by atoms with Gasteiger partial charge in [0.1, 0.15) is 32.3 Å². The second kappa shape index (κ2) is 30.3. The van der Waals surface area contributed by atoms with E-state index in [4.69, 9.17) is 9.47 Å². The maximum Gasteiger partial charge on any atom is 2.00 e. The van der Waals surface area contributed by atoms with Crippen LogP contribution >= 0.6 is 0 Å². The largest absolute Gasteiger partial charge is 2.00 e. The number of unbranched alkanes of at least 4 members (excludes halogenated alkanes) is 18. The molecule has 0 aromatic heterocycles. The molecule has 0 aliphatic carbocycles. The first-order valence-corrected chi connectivity index (χ1v) is 24.8. The zero-order chi connectivity index (χ0) is 43.6. The monoisotopic (exact) mass is 906 g/mol. The quantitative estimate of drug-likeness (QED) is 0.0317. The van der Waals surface area contributed by atoms with Crippen LogP contribution in [0.5, 0.6) is 34.5 Å². The standard InChI is InChI=1S/2C24H34O5S.Ca/c2*1-2-3-4-5-6-7-8-9-10-11-14-20-17-18-24(30(26,27)28)23(19-20)29-22-16-13-12-15-21(22)25;/h2*12-13,15-19,25H,2-11,14H2,1H3,(H,26,27,28);/q;;+2/p-2. The van der Waals surface area contributed by atoms with Gasteiger partial charge in [-0.3, -0.25) is 4.55 Å². The van der Waals surface area contributed by atoms with Crippen molar-refractivity contribution in [2.45, 2.75) is 165 Å². The van der Waals surface area contributed by atoms with Crippen molar-refractivity contribution < 1.29 is 45.6 Å². The fraction of sp³-hybridized carbons (Fsp3) is 0.500. The van der Waals surface area contributed by atoms with Gasteiger partial charge in [-0.15, -0.1) is 0 Å². The molecule has 0 heterocycles. The van der Waals surface area contributed by atoms with Crippen LogP contribution in [0, 0.1) is 0 Å². The Labute approximate surface area is 396 Å². The predicted octanol–water partition coefficient (Wildman–Crippen LogP) is 12.4. The Morgan fingerprint density at radius 2 is 0.869 bits per heavy atom. The molecule has 4 aromatic rings. The molecule has 4 rings (SSSR count). The molecule has 0 atom stereocenters. The van der Waals surface area contributed by atoms with E-state index in [0.717, 1.165) is 49.7 Å². The third kappa shape index (κ3) is 21.9. The Hall–Kier alpha value is -2.84. The van der Waals surface area contributed by atoms with Crippen LogP contribution < -0.4 is 14.6 Å². The number of phenols is 1. The molecule has 0 saturated carbocycles. The summed E-state index contributed by atoms with van der Waals surface area (Å²) in [5, 5.41) is 21.8. The molecule has 0 saturated heterocycles. The molecule has 0 unspecified atom stereocenters. The minimum Gasteiger partial charge on any atom is -0.870 e. The van der Waals surface area contributed by atoms with E-state index in [9.17, 15) is 36.2 Å². The summed E-state index contributed by atoms with van der Waals surface area (Å²) in [6, 6.07) is 21.5. The Bertz CT molecular complexity index is 1910. The van der Waals surface area contributed by atoms with Gasteiger partial charge in [0.2, 0.25) is 0 Å². The van der Waals surface area contributed by atoms with Gasteiger partial charge in [-0.1, -0.05) is 178 Å². The molecule has 13 heteroatoms. The molecule has 0 fully saturated rings. The smallest absolute Gasteiger partial charge is 0.870 e. The van der Waals surface area contributed by atoms with Gasteiger partial charge in [-0.05, 0) is 79.3 Å². The van der Waals surface area contributed by atoms with Crippen LogP contribution in [0.4, 0.5) is 0 Å². The maximum atomic E-state index is 11.9. The van der Waals surface area contributed by atoms with Crippen molar-refractivity contribution in [1.29, 1.82) is 0 Å². The summed E-state index contributed by atoms with van der Waals surface area (Å²) in [4.78, 5) is -0.754. The van der Waals surface area contributed by atoms with E-state index in [1.165, 1.54) is 139 Å². The minimum absolute atomic E-state index is 0. The molecule has 0 aliphatic rings. The Morgan fingerprint density at radius 1 is 0.492 bits per heavy atom. The SMILES string of the molecule is CCCCCCCCCCCCc1ccc(S(=O)(=O)O)c(Oc2ccccc2O)c1.CCCCCCCCCCCCc1ccc(S(=O)(=O)[O-])c(Oc2ccccc2[O-])c1.[Ca+2]. The Balaban J connectivity index is 0.000000413. The first-order chi connectivity index (χ1) is 28.8. The summed E-state index contributed by atoms with van der Waals surface area (Å²) in [6.07, 6.45) is 26.5. The molecular weight excluding hydrogens is 841 g/mol. The fourth-order valence-electron chi connectivity index (χ4n) is 6.94. The molecule has 332 valence electrons. The summed E-state index contributed by atoms with van der Waals surface area (Å²) in [6.45, 7) is 4.46. The third-order valence-corrected chi connectivity index (χ3v) is 12.1. The number of hydrogen-bond acceptors (Lipinski definition) is 9. The second-order valence-corrected chi connectivity index (χ2v) is 18.2. The zero-order valence-electron chi connectivity index (χ0n) is 36.3. The normalized spacial score (nSPS) is 11.3. The van der Waals surface area contributed by atoms with Crippen molar-refractivity contribution in [1.82, 2.24) is 0 Å². The minimum atomic E-state index is -4.70. The van der Waals surface area contributed by atoms with Crippen molar-refractivity contribution in [3.8, 4) is 34.5 Å². The molecule has 4 aromatic carbocycles. The Kier molecular flexibility index (Phi) is 27.0. The van der Waals surface area contributed by atoms with E-state index in [0.29, 0.717) is 0 Å². The molecule has 0 bridgehead atoms.